The van der Waals surface area contributed by atoms with Crippen LogP contribution in [0.5, 0.6) is 5.75 Å². The van der Waals surface area contributed by atoms with Crippen molar-refractivity contribution in [2.75, 3.05) is 17.7 Å². The SMILES string of the molecule is CCC(C(=O)NCc1ccc(OC)cc1)N(c1ccc(F)cc1)S(C)(=O)=O. The Bertz CT molecular complexity index is 868. The molecule has 2 aromatic rings. The number of nitrogens with zero attached hydrogens (tertiary/aromatic N) is 1. The lowest BCUT2D eigenvalue weighted by atomic mass is 10.1. The Morgan fingerprint density at radius 1 is 1.15 bits per heavy atom. The normalized spacial score (nSPS) is 12.3. The number of hydrogen-bond acceptors (Lipinski definition) is 4. The van der Waals surface area contributed by atoms with Gasteiger partial charge < -0.3 is 10.1 Å². The predicted octanol–water partition coefficient (Wildman–Crippen LogP) is 2.70. The lowest BCUT2D eigenvalue weighted by Gasteiger charge is -2.30. The molecule has 1 amide bonds. The minimum absolute atomic E-state index is 0.241. The average Bonchev–Trinajstić information content (AvgIpc) is 2.64. The Balaban J connectivity index is 2.19. The molecule has 27 heavy (non-hydrogen) atoms. The van der Waals surface area contributed by atoms with Gasteiger partial charge in [0.25, 0.3) is 0 Å². The third-order valence-corrected chi connectivity index (χ3v) is 5.22. The van der Waals surface area contributed by atoms with Crippen molar-refractivity contribution in [3.05, 3.63) is 59.9 Å². The number of rotatable bonds is 8. The molecule has 0 aliphatic rings. The minimum Gasteiger partial charge on any atom is -0.497 e. The fourth-order valence-electron chi connectivity index (χ4n) is 2.70. The third kappa shape index (κ3) is 5.43. The van der Waals surface area contributed by atoms with Crippen LogP contribution in [-0.2, 0) is 21.4 Å². The number of hydrogen-bond donors (Lipinski definition) is 1. The molecular formula is C19H23FN2O4S. The maximum atomic E-state index is 13.2. The van der Waals surface area contributed by atoms with Gasteiger partial charge >= 0.3 is 0 Å². The number of carbonyl (C=O) groups excluding carboxylic acids is 1. The van der Waals surface area contributed by atoms with Gasteiger partial charge in [0.05, 0.1) is 19.1 Å². The van der Waals surface area contributed by atoms with Crippen molar-refractivity contribution in [2.45, 2.75) is 25.9 Å². The molecule has 1 unspecified atom stereocenters. The quantitative estimate of drug-likeness (QED) is 0.747. The van der Waals surface area contributed by atoms with Gasteiger partial charge in [0.1, 0.15) is 17.6 Å². The summed E-state index contributed by atoms with van der Waals surface area (Å²) in [6.45, 7) is 1.97. The second kappa shape index (κ2) is 8.85. The van der Waals surface area contributed by atoms with Crippen LogP contribution in [0.4, 0.5) is 10.1 Å². The third-order valence-electron chi connectivity index (χ3n) is 4.04. The van der Waals surface area contributed by atoms with E-state index in [0.29, 0.717) is 5.75 Å². The summed E-state index contributed by atoms with van der Waals surface area (Å²) in [5.74, 6) is -0.205. The molecule has 0 saturated carbocycles. The van der Waals surface area contributed by atoms with Crippen LogP contribution < -0.4 is 14.4 Å². The Labute approximate surface area is 159 Å². The first-order valence-corrected chi connectivity index (χ1v) is 10.3. The van der Waals surface area contributed by atoms with Crippen molar-refractivity contribution in [3.63, 3.8) is 0 Å². The van der Waals surface area contributed by atoms with Gasteiger partial charge in [-0.1, -0.05) is 19.1 Å². The molecule has 2 rings (SSSR count). The maximum absolute atomic E-state index is 13.2. The van der Waals surface area contributed by atoms with E-state index in [1.165, 1.54) is 12.1 Å². The van der Waals surface area contributed by atoms with Crippen molar-refractivity contribution in [2.24, 2.45) is 0 Å². The molecule has 0 spiro atoms. The summed E-state index contributed by atoms with van der Waals surface area (Å²) in [5.41, 5.74) is 1.09. The fraction of sp³-hybridized carbons (Fsp3) is 0.316. The van der Waals surface area contributed by atoms with E-state index in [1.807, 2.05) is 12.1 Å². The van der Waals surface area contributed by atoms with Gasteiger partial charge in [-0.3, -0.25) is 9.10 Å². The van der Waals surface area contributed by atoms with Crippen LogP contribution in [0.25, 0.3) is 0 Å². The molecule has 0 radical (unpaired) electrons. The molecule has 1 atom stereocenters. The van der Waals surface area contributed by atoms with E-state index in [2.05, 4.69) is 5.32 Å². The van der Waals surface area contributed by atoms with Crippen molar-refractivity contribution < 1.29 is 22.3 Å². The van der Waals surface area contributed by atoms with E-state index < -0.39 is 27.8 Å². The average molecular weight is 394 g/mol. The Kier molecular flexibility index (Phi) is 6.79. The summed E-state index contributed by atoms with van der Waals surface area (Å²) in [6, 6.07) is 11.3. The van der Waals surface area contributed by atoms with Crippen LogP contribution >= 0.6 is 0 Å². The van der Waals surface area contributed by atoms with E-state index in [9.17, 15) is 17.6 Å². The molecule has 8 heteroatoms. The van der Waals surface area contributed by atoms with Crippen LogP contribution in [0.1, 0.15) is 18.9 Å². The fourth-order valence-corrected chi connectivity index (χ4v) is 3.91. The smallest absolute Gasteiger partial charge is 0.244 e. The van der Waals surface area contributed by atoms with Crippen molar-refractivity contribution in [1.82, 2.24) is 5.32 Å². The van der Waals surface area contributed by atoms with Crippen molar-refractivity contribution >= 4 is 21.6 Å². The van der Waals surface area contributed by atoms with Crippen LogP contribution in [0, 0.1) is 5.82 Å². The van der Waals surface area contributed by atoms with Crippen LogP contribution in [-0.4, -0.2) is 33.7 Å². The number of carbonyl (C=O) groups is 1. The van der Waals surface area contributed by atoms with Crippen LogP contribution in [0.2, 0.25) is 0 Å². The van der Waals surface area contributed by atoms with E-state index in [1.54, 1.807) is 26.2 Å². The van der Waals surface area contributed by atoms with Crippen molar-refractivity contribution in [3.8, 4) is 5.75 Å². The van der Waals surface area contributed by atoms with E-state index in [-0.39, 0.29) is 18.7 Å². The molecule has 0 aliphatic heterocycles. The lowest BCUT2D eigenvalue weighted by molar-refractivity contribution is -0.122. The molecule has 0 bridgehead atoms. The van der Waals surface area contributed by atoms with Crippen LogP contribution in [0.3, 0.4) is 0 Å². The zero-order chi connectivity index (χ0) is 20.0. The molecule has 146 valence electrons. The summed E-state index contributed by atoms with van der Waals surface area (Å²) >= 11 is 0. The van der Waals surface area contributed by atoms with Crippen LogP contribution in [0.15, 0.2) is 48.5 Å². The summed E-state index contributed by atoms with van der Waals surface area (Å²) in [5, 5.41) is 2.76. The highest BCUT2D eigenvalue weighted by Gasteiger charge is 2.31. The number of halogens is 1. The molecule has 0 heterocycles. The summed E-state index contributed by atoms with van der Waals surface area (Å²) in [4.78, 5) is 12.7. The maximum Gasteiger partial charge on any atom is 0.244 e. The molecule has 6 nitrogen and oxygen atoms in total. The first-order chi connectivity index (χ1) is 12.8. The summed E-state index contributed by atoms with van der Waals surface area (Å²) < 4.78 is 43.9. The standard InChI is InChI=1S/C19H23FN2O4S/c1-4-18(19(23)21-13-14-5-11-17(26-2)12-6-14)22(27(3,24)25)16-9-7-15(20)8-10-16/h5-12,18H,4,13H2,1-3H3,(H,21,23). The van der Waals surface area contributed by atoms with E-state index >= 15 is 0 Å². The second-order valence-corrected chi connectivity index (χ2v) is 7.88. The predicted molar refractivity (Wildman–Crippen MR) is 103 cm³/mol. The highest BCUT2D eigenvalue weighted by molar-refractivity contribution is 7.92. The van der Waals surface area contributed by atoms with Gasteiger partial charge in [0.2, 0.25) is 15.9 Å². The second-order valence-electron chi connectivity index (χ2n) is 6.03. The Hall–Kier alpha value is -2.61. The van der Waals surface area contributed by atoms with Gasteiger partial charge in [0, 0.05) is 6.54 Å². The molecule has 1 N–H and O–H groups in total. The number of nitrogens with one attached hydrogen (secondary N) is 1. The molecule has 0 aliphatic carbocycles. The van der Waals surface area contributed by atoms with E-state index in [4.69, 9.17) is 4.74 Å². The highest BCUT2D eigenvalue weighted by atomic mass is 32.2. The largest absolute Gasteiger partial charge is 0.497 e. The molecule has 0 fully saturated rings. The van der Waals surface area contributed by atoms with Crippen molar-refractivity contribution in [1.29, 1.82) is 0 Å². The number of sulfonamides is 1. The van der Waals surface area contributed by atoms with E-state index in [0.717, 1.165) is 28.3 Å². The number of benzene rings is 2. The number of anilines is 1. The first-order valence-electron chi connectivity index (χ1n) is 8.42. The number of amides is 1. The zero-order valence-corrected chi connectivity index (χ0v) is 16.3. The topological polar surface area (TPSA) is 75.7 Å². The van der Waals surface area contributed by atoms with Gasteiger partial charge in [0.15, 0.2) is 0 Å². The van der Waals surface area contributed by atoms with Gasteiger partial charge in [-0.2, -0.15) is 0 Å². The molecule has 0 saturated heterocycles. The number of ether oxygens (including phenoxy) is 1. The van der Waals surface area contributed by atoms with Gasteiger partial charge in [-0.05, 0) is 48.4 Å². The first kappa shape index (κ1) is 20.7. The van der Waals surface area contributed by atoms with Gasteiger partial charge in [-0.25, -0.2) is 12.8 Å². The van der Waals surface area contributed by atoms with Gasteiger partial charge in [-0.15, -0.1) is 0 Å². The Morgan fingerprint density at radius 3 is 2.22 bits per heavy atom. The minimum atomic E-state index is -3.75. The Morgan fingerprint density at radius 2 is 1.74 bits per heavy atom. The summed E-state index contributed by atoms with van der Waals surface area (Å²) in [6.07, 6.45) is 1.29. The summed E-state index contributed by atoms with van der Waals surface area (Å²) in [7, 11) is -2.18. The highest BCUT2D eigenvalue weighted by Crippen LogP contribution is 2.23. The lowest BCUT2D eigenvalue weighted by Crippen LogP contribution is -2.49. The molecular weight excluding hydrogens is 371 g/mol. The molecule has 0 aromatic heterocycles. The molecule has 2 aromatic carbocycles. The number of methoxy groups -OCH3 is 1. The zero-order valence-electron chi connectivity index (χ0n) is 15.5. The monoisotopic (exact) mass is 394 g/mol.